The Morgan fingerprint density at radius 3 is 3.00 bits per heavy atom. The number of aromatic nitrogens is 4. The fourth-order valence-electron chi connectivity index (χ4n) is 3.53. The monoisotopic (exact) mass is 346 g/mol. The minimum atomic E-state index is -0.150. The first-order valence-electron chi connectivity index (χ1n) is 8.49. The third-order valence-corrected chi connectivity index (χ3v) is 5.80. The van der Waals surface area contributed by atoms with Crippen LogP contribution in [0.5, 0.6) is 0 Å². The van der Waals surface area contributed by atoms with E-state index in [1.807, 2.05) is 33.4 Å². The maximum atomic E-state index is 12.7. The minimum absolute atomic E-state index is 0.150. The van der Waals surface area contributed by atoms with E-state index in [-0.39, 0.29) is 12.5 Å². The van der Waals surface area contributed by atoms with E-state index in [0.29, 0.717) is 23.1 Å². The zero-order chi connectivity index (χ0) is 16.5. The Kier molecular flexibility index (Phi) is 4.32. The molecule has 0 aromatic carbocycles. The first-order chi connectivity index (χ1) is 11.8. The number of rotatable bonds is 4. The van der Waals surface area contributed by atoms with Gasteiger partial charge in [-0.2, -0.15) is 22.0 Å². The highest BCUT2D eigenvalue weighted by Gasteiger charge is 2.26. The van der Waals surface area contributed by atoms with Gasteiger partial charge in [-0.3, -0.25) is 14.2 Å². The third kappa shape index (κ3) is 2.84. The summed E-state index contributed by atoms with van der Waals surface area (Å²) in [5.74, 6) is 2.80. The quantitative estimate of drug-likeness (QED) is 0.881. The Morgan fingerprint density at radius 1 is 1.38 bits per heavy atom. The highest BCUT2D eigenvalue weighted by Crippen LogP contribution is 2.27. The van der Waals surface area contributed by atoms with Crippen molar-refractivity contribution >= 4 is 23.5 Å². The van der Waals surface area contributed by atoms with E-state index in [9.17, 15) is 4.79 Å². The normalized spacial score (nSPS) is 17.9. The van der Waals surface area contributed by atoms with Gasteiger partial charge in [0.15, 0.2) is 5.82 Å². The van der Waals surface area contributed by atoms with E-state index in [2.05, 4.69) is 15.5 Å². The van der Waals surface area contributed by atoms with Crippen LogP contribution >= 0.6 is 11.8 Å². The molecule has 0 saturated carbocycles. The van der Waals surface area contributed by atoms with E-state index in [1.54, 1.807) is 0 Å². The van der Waals surface area contributed by atoms with Crippen LogP contribution in [0.2, 0.25) is 0 Å². The van der Waals surface area contributed by atoms with E-state index >= 15 is 0 Å². The summed E-state index contributed by atoms with van der Waals surface area (Å²) in [5.41, 5.74) is 8.07. The van der Waals surface area contributed by atoms with Gasteiger partial charge in [-0.1, -0.05) is 0 Å². The zero-order valence-corrected chi connectivity index (χ0v) is 14.4. The predicted molar refractivity (Wildman–Crippen MR) is 94.2 cm³/mol. The lowest BCUT2D eigenvalue weighted by molar-refractivity contribution is 0.102. The number of fused-ring (bicyclic) bond motifs is 1. The number of carbonyl (C=O) groups excluding carboxylic acids is 1. The number of aryl methyl sites for hydroxylation is 1. The number of thioether (sulfide) groups is 1. The second-order valence-electron chi connectivity index (χ2n) is 6.28. The molecule has 1 amide bonds. The van der Waals surface area contributed by atoms with Crippen LogP contribution in [-0.4, -0.2) is 37.0 Å². The van der Waals surface area contributed by atoms with Crippen molar-refractivity contribution in [1.29, 1.82) is 0 Å². The third-order valence-electron chi connectivity index (χ3n) is 4.75. The van der Waals surface area contributed by atoms with Crippen LogP contribution < -0.4 is 11.1 Å². The Labute approximate surface area is 145 Å². The van der Waals surface area contributed by atoms with Gasteiger partial charge < -0.3 is 11.1 Å². The molecule has 2 aliphatic heterocycles. The molecule has 4 heterocycles. The summed E-state index contributed by atoms with van der Waals surface area (Å²) >= 11 is 1.99. The number of amides is 1. The molecule has 2 aliphatic rings. The fraction of sp³-hybridized carbons (Fsp3) is 0.562. The molecule has 24 heavy (non-hydrogen) atoms. The Balaban J connectivity index is 1.52. The molecule has 2 aromatic rings. The lowest BCUT2D eigenvalue weighted by Gasteiger charge is -2.21. The number of nitrogens with one attached hydrogen (secondary N) is 1. The van der Waals surface area contributed by atoms with Crippen molar-refractivity contribution in [2.24, 2.45) is 5.73 Å². The van der Waals surface area contributed by atoms with Gasteiger partial charge >= 0.3 is 0 Å². The van der Waals surface area contributed by atoms with Gasteiger partial charge in [0.1, 0.15) is 0 Å². The molecule has 8 heteroatoms. The van der Waals surface area contributed by atoms with Crippen molar-refractivity contribution in [3.63, 3.8) is 0 Å². The van der Waals surface area contributed by atoms with Gasteiger partial charge in [-0.15, -0.1) is 0 Å². The predicted octanol–water partition coefficient (Wildman–Crippen LogP) is 1.80. The molecule has 128 valence electrons. The SMILES string of the molecule is NCc1nn2c(c1C(=O)Nc1ccn(C3CCSCC3)n1)CCC2. The highest BCUT2D eigenvalue weighted by molar-refractivity contribution is 7.99. The van der Waals surface area contributed by atoms with Crippen LogP contribution in [0.15, 0.2) is 12.3 Å². The van der Waals surface area contributed by atoms with E-state index in [4.69, 9.17) is 5.73 Å². The number of hydrogen-bond donors (Lipinski definition) is 2. The number of nitrogens with two attached hydrogens (primary N) is 1. The van der Waals surface area contributed by atoms with Gasteiger partial charge in [-0.25, -0.2) is 0 Å². The van der Waals surface area contributed by atoms with Crippen molar-refractivity contribution in [3.8, 4) is 0 Å². The van der Waals surface area contributed by atoms with Crippen LogP contribution in [0.3, 0.4) is 0 Å². The average Bonchev–Trinajstić information content (AvgIpc) is 3.30. The maximum absolute atomic E-state index is 12.7. The average molecular weight is 346 g/mol. The highest BCUT2D eigenvalue weighted by atomic mass is 32.2. The molecule has 1 saturated heterocycles. The van der Waals surface area contributed by atoms with E-state index in [1.165, 1.54) is 11.5 Å². The summed E-state index contributed by atoms with van der Waals surface area (Å²) in [6.45, 7) is 1.14. The summed E-state index contributed by atoms with van der Waals surface area (Å²) in [5, 5.41) is 11.9. The standard InChI is InChI=1S/C16H22N6OS/c17-10-12-15(13-2-1-6-22(13)19-12)16(23)18-14-3-7-21(20-14)11-4-8-24-9-5-11/h3,7,11H,1-2,4-6,8-10,17H2,(H,18,20,23). The number of hydrogen-bond acceptors (Lipinski definition) is 5. The van der Waals surface area contributed by atoms with Crippen molar-refractivity contribution in [2.45, 2.75) is 44.8 Å². The summed E-state index contributed by atoms with van der Waals surface area (Å²) < 4.78 is 3.90. The molecule has 1 fully saturated rings. The van der Waals surface area contributed by atoms with Gasteiger partial charge in [0.25, 0.3) is 5.91 Å². The Bertz CT molecular complexity index is 746. The van der Waals surface area contributed by atoms with Gasteiger partial charge in [-0.05, 0) is 37.2 Å². The first kappa shape index (κ1) is 15.7. The van der Waals surface area contributed by atoms with E-state index < -0.39 is 0 Å². The van der Waals surface area contributed by atoms with E-state index in [0.717, 1.165) is 37.9 Å². The molecule has 7 nitrogen and oxygen atoms in total. The molecule has 2 aromatic heterocycles. The summed E-state index contributed by atoms with van der Waals surface area (Å²) in [6.07, 6.45) is 6.14. The lowest BCUT2D eigenvalue weighted by Crippen LogP contribution is -2.18. The largest absolute Gasteiger partial charge is 0.325 e. The zero-order valence-electron chi connectivity index (χ0n) is 13.6. The molecule has 0 bridgehead atoms. The molecule has 0 aliphatic carbocycles. The summed E-state index contributed by atoms with van der Waals surface area (Å²) in [4.78, 5) is 12.7. The van der Waals surface area contributed by atoms with Crippen LogP contribution in [0.25, 0.3) is 0 Å². The topological polar surface area (TPSA) is 90.8 Å². The maximum Gasteiger partial charge on any atom is 0.260 e. The molecule has 0 unspecified atom stereocenters. The second-order valence-corrected chi connectivity index (χ2v) is 7.50. The second kappa shape index (κ2) is 6.60. The summed E-state index contributed by atoms with van der Waals surface area (Å²) in [6, 6.07) is 2.31. The molecule has 3 N–H and O–H groups in total. The summed E-state index contributed by atoms with van der Waals surface area (Å²) in [7, 11) is 0. The minimum Gasteiger partial charge on any atom is -0.325 e. The van der Waals surface area contributed by atoms with Crippen molar-refractivity contribution in [3.05, 3.63) is 29.2 Å². The van der Waals surface area contributed by atoms with Crippen molar-refractivity contribution < 1.29 is 4.79 Å². The Hall–Kier alpha value is -1.80. The van der Waals surface area contributed by atoms with Crippen molar-refractivity contribution in [1.82, 2.24) is 19.6 Å². The molecule has 4 rings (SSSR count). The van der Waals surface area contributed by atoms with Crippen LogP contribution in [0.1, 0.15) is 47.1 Å². The van der Waals surface area contributed by atoms with Crippen LogP contribution in [0, 0.1) is 0 Å². The fourth-order valence-corrected chi connectivity index (χ4v) is 4.61. The van der Waals surface area contributed by atoms with Gasteiger partial charge in [0.05, 0.1) is 23.0 Å². The Morgan fingerprint density at radius 2 is 2.21 bits per heavy atom. The molecular weight excluding hydrogens is 324 g/mol. The number of nitrogens with zero attached hydrogens (tertiary/aromatic N) is 4. The van der Waals surface area contributed by atoms with Crippen molar-refractivity contribution in [2.75, 3.05) is 16.8 Å². The molecule has 0 atom stereocenters. The molecular formula is C16H22N6OS. The molecule has 0 radical (unpaired) electrons. The van der Waals surface area contributed by atoms with Gasteiger partial charge in [0, 0.05) is 25.4 Å². The number of carbonyl (C=O) groups is 1. The van der Waals surface area contributed by atoms with Gasteiger partial charge in [0.2, 0.25) is 0 Å². The van der Waals surface area contributed by atoms with Crippen LogP contribution in [0.4, 0.5) is 5.82 Å². The first-order valence-corrected chi connectivity index (χ1v) is 9.64. The van der Waals surface area contributed by atoms with Crippen LogP contribution in [-0.2, 0) is 19.5 Å². The lowest BCUT2D eigenvalue weighted by atomic mass is 10.1. The smallest absolute Gasteiger partial charge is 0.260 e. The molecule has 0 spiro atoms. The number of anilines is 1.